The first-order chi connectivity index (χ1) is 10.5. The van der Waals surface area contributed by atoms with Crippen LogP contribution in [0.1, 0.15) is 52.7 Å². The first kappa shape index (κ1) is 17.2. The van der Waals surface area contributed by atoms with Crippen molar-refractivity contribution in [3.05, 3.63) is 47.5 Å². The van der Waals surface area contributed by atoms with Crippen LogP contribution in [0, 0.1) is 0 Å². The number of hydrogen-bond acceptors (Lipinski definition) is 3. The van der Waals surface area contributed by atoms with E-state index in [2.05, 4.69) is 52.9 Å². The summed E-state index contributed by atoms with van der Waals surface area (Å²) < 4.78 is 0. The minimum Gasteiger partial charge on any atom is -0.505 e. The summed E-state index contributed by atoms with van der Waals surface area (Å²) in [6.07, 6.45) is 0. The number of anilines is 3. The Labute approximate surface area is 139 Å². The Balaban J connectivity index is 2.60. The summed E-state index contributed by atoms with van der Waals surface area (Å²) in [5.41, 5.74) is 10.1. The molecule has 0 aliphatic carbocycles. The van der Waals surface area contributed by atoms with E-state index in [-0.39, 0.29) is 16.6 Å². The Morgan fingerprint density at radius 2 is 1.48 bits per heavy atom. The van der Waals surface area contributed by atoms with E-state index in [9.17, 15) is 5.11 Å². The van der Waals surface area contributed by atoms with Gasteiger partial charge in [0, 0.05) is 5.56 Å². The highest BCUT2D eigenvalue weighted by molar-refractivity contribution is 5.76. The Hall–Kier alpha value is -2.16. The van der Waals surface area contributed by atoms with E-state index in [0.717, 1.165) is 11.3 Å². The van der Waals surface area contributed by atoms with Crippen LogP contribution in [0.3, 0.4) is 0 Å². The van der Waals surface area contributed by atoms with Crippen LogP contribution >= 0.6 is 0 Å². The molecular weight excluding hydrogens is 284 g/mol. The van der Waals surface area contributed by atoms with Gasteiger partial charge >= 0.3 is 0 Å². The molecule has 2 aromatic rings. The molecule has 0 aliphatic heterocycles. The molecule has 3 nitrogen and oxygen atoms in total. The number of phenolic OH excluding ortho intramolecular Hbond substituents is 1. The lowest BCUT2D eigenvalue weighted by Crippen LogP contribution is -2.17. The molecule has 3 heteroatoms. The zero-order chi connectivity index (χ0) is 17.4. The number of nitrogens with two attached hydrogens (primary N) is 1. The number of benzene rings is 2. The van der Waals surface area contributed by atoms with Crippen molar-refractivity contribution >= 4 is 17.1 Å². The molecule has 124 valence electrons. The number of hydrogen-bond donors (Lipinski definition) is 3. The molecule has 2 rings (SSSR count). The molecule has 0 amide bonds. The van der Waals surface area contributed by atoms with Gasteiger partial charge in [-0.1, -0.05) is 59.7 Å². The smallest absolute Gasteiger partial charge is 0.142 e. The third-order valence-electron chi connectivity index (χ3n) is 4.01. The summed E-state index contributed by atoms with van der Waals surface area (Å²) in [5, 5.41) is 14.1. The first-order valence-electron chi connectivity index (χ1n) is 7.99. The molecule has 0 fully saturated rings. The molecule has 23 heavy (non-hydrogen) atoms. The molecule has 2 aromatic carbocycles. The van der Waals surface area contributed by atoms with E-state index >= 15 is 0 Å². The predicted molar refractivity (Wildman–Crippen MR) is 99.6 cm³/mol. The second-order valence-electron chi connectivity index (χ2n) is 8.13. The van der Waals surface area contributed by atoms with Crippen LogP contribution in [0.2, 0.25) is 0 Å². The summed E-state index contributed by atoms with van der Waals surface area (Å²) in [4.78, 5) is 0. The standard InChI is InChI=1S/C20H28N2O/c1-19(2,3)13-11-14(20(4,5)6)18(23)17(12-13)22-16-10-8-7-9-15(16)21/h7-12,22-23H,21H2,1-6H3. The fourth-order valence-corrected chi connectivity index (χ4v) is 2.49. The quantitative estimate of drug-likeness (QED) is 0.520. The minimum absolute atomic E-state index is 0.00758. The van der Waals surface area contributed by atoms with Crippen molar-refractivity contribution in [2.45, 2.75) is 52.4 Å². The summed E-state index contributed by atoms with van der Waals surface area (Å²) in [6, 6.07) is 11.7. The fraction of sp³-hybridized carbons (Fsp3) is 0.400. The molecule has 0 heterocycles. The molecular formula is C20H28N2O. The number of para-hydroxylation sites is 2. The summed E-state index contributed by atoms with van der Waals surface area (Å²) >= 11 is 0. The van der Waals surface area contributed by atoms with Crippen molar-refractivity contribution in [3.8, 4) is 5.75 Å². The van der Waals surface area contributed by atoms with Crippen molar-refractivity contribution in [1.29, 1.82) is 0 Å². The molecule has 0 radical (unpaired) electrons. The molecule has 4 N–H and O–H groups in total. The van der Waals surface area contributed by atoms with Crippen LogP contribution in [-0.2, 0) is 10.8 Å². The van der Waals surface area contributed by atoms with Crippen molar-refractivity contribution in [2.75, 3.05) is 11.1 Å². The van der Waals surface area contributed by atoms with Gasteiger partial charge in [-0.15, -0.1) is 0 Å². The lowest BCUT2D eigenvalue weighted by Gasteiger charge is -2.28. The zero-order valence-corrected chi connectivity index (χ0v) is 15.0. The van der Waals surface area contributed by atoms with Crippen molar-refractivity contribution < 1.29 is 5.11 Å². The van der Waals surface area contributed by atoms with Gasteiger partial charge in [0.15, 0.2) is 0 Å². The maximum absolute atomic E-state index is 10.8. The molecule has 0 aromatic heterocycles. The van der Waals surface area contributed by atoms with Crippen LogP contribution < -0.4 is 11.1 Å². The SMILES string of the molecule is CC(C)(C)c1cc(Nc2ccccc2N)c(O)c(C(C)(C)C)c1. The van der Waals surface area contributed by atoms with Crippen LogP contribution in [-0.4, -0.2) is 5.11 Å². The molecule has 0 saturated carbocycles. The van der Waals surface area contributed by atoms with Crippen molar-refractivity contribution in [1.82, 2.24) is 0 Å². The van der Waals surface area contributed by atoms with Gasteiger partial charge in [0.1, 0.15) is 5.75 Å². The van der Waals surface area contributed by atoms with E-state index < -0.39 is 0 Å². The molecule has 0 saturated heterocycles. The lowest BCUT2D eigenvalue weighted by atomic mass is 9.79. The second kappa shape index (κ2) is 5.80. The Kier molecular flexibility index (Phi) is 4.34. The Bertz CT molecular complexity index is 707. The molecule has 0 unspecified atom stereocenters. The van der Waals surface area contributed by atoms with Gasteiger partial charge < -0.3 is 16.2 Å². The van der Waals surface area contributed by atoms with E-state index in [1.165, 1.54) is 5.56 Å². The average molecular weight is 312 g/mol. The number of rotatable bonds is 2. The summed E-state index contributed by atoms with van der Waals surface area (Å²) in [5.74, 6) is 0.286. The lowest BCUT2D eigenvalue weighted by molar-refractivity contribution is 0.447. The topological polar surface area (TPSA) is 58.3 Å². The summed E-state index contributed by atoms with van der Waals surface area (Å²) in [6.45, 7) is 12.8. The highest BCUT2D eigenvalue weighted by atomic mass is 16.3. The van der Waals surface area contributed by atoms with Gasteiger partial charge in [-0.2, -0.15) is 0 Å². The van der Waals surface area contributed by atoms with Gasteiger partial charge in [-0.05, 0) is 34.6 Å². The Morgan fingerprint density at radius 1 is 0.870 bits per heavy atom. The summed E-state index contributed by atoms with van der Waals surface area (Å²) in [7, 11) is 0. The highest BCUT2D eigenvalue weighted by Crippen LogP contribution is 2.41. The number of nitrogens with one attached hydrogen (secondary N) is 1. The predicted octanol–water partition coefficient (Wildman–Crippen LogP) is 5.31. The minimum atomic E-state index is -0.149. The fourth-order valence-electron chi connectivity index (χ4n) is 2.49. The van der Waals surface area contributed by atoms with E-state index in [1.807, 2.05) is 30.3 Å². The normalized spacial score (nSPS) is 12.3. The van der Waals surface area contributed by atoms with E-state index in [4.69, 9.17) is 5.73 Å². The van der Waals surface area contributed by atoms with Crippen molar-refractivity contribution in [3.63, 3.8) is 0 Å². The maximum atomic E-state index is 10.8. The third-order valence-corrected chi connectivity index (χ3v) is 4.01. The maximum Gasteiger partial charge on any atom is 0.142 e. The molecule has 0 atom stereocenters. The van der Waals surface area contributed by atoms with Crippen LogP contribution in [0.4, 0.5) is 17.1 Å². The first-order valence-corrected chi connectivity index (χ1v) is 7.99. The second-order valence-corrected chi connectivity index (χ2v) is 8.13. The van der Waals surface area contributed by atoms with Crippen molar-refractivity contribution in [2.24, 2.45) is 0 Å². The van der Waals surface area contributed by atoms with Gasteiger partial charge in [-0.25, -0.2) is 0 Å². The third kappa shape index (κ3) is 3.79. The zero-order valence-electron chi connectivity index (χ0n) is 15.0. The molecule has 0 aliphatic rings. The number of aromatic hydroxyl groups is 1. The largest absolute Gasteiger partial charge is 0.505 e. The van der Waals surface area contributed by atoms with E-state index in [0.29, 0.717) is 11.4 Å². The van der Waals surface area contributed by atoms with Crippen LogP contribution in [0.25, 0.3) is 0 Å². The van der Waals surface area contributed by atoms with Gasteiger partial charge in [-0.3, -0.25) is 0 Å². The van der Waals surface area contributed by atoms with Gasteiger partial charge in [0.2, 0.25) is 0 Å². The van der Waals surface area contributed by atoms with Crippen LogP contribution in [0.5, 0.6) is 5.75 Å². The van der Waals surface area contributed by atoms with Crippen LogP contribution in [0.15, 0.2) is 36.4 Å². The average Bonchev–Trinajstić information content (AvgIpc) is 2.40. The highest BCUT2D eigenvalue weighted by Gasteiger charge is 2.25. The molecule has 0 spiro atoms. The van der Waals surface area contributed by atoms with Gasteiger partial charge in [0.05, 0.1) is 17.1 Å². The van der Waals surface area contributed by atoms with E-state index in [1.54, 1.807) is 0 Å². The molecule has 0 bridgehead atoms. The number of phenols is 1. The monoisotopic (exact) mass is 312 g/mol. The van der Waals surface area contributed by atoms with Gasteiger partial charge in [0.25, 0.3) is 0 Å². The number of nitrogen functional groups attached to an aromatic ring is 1. The Morgan fingerprint density at radius 3 is 2.00 bits per heavy atom.